The monoisotopic (exact) mass is 548 g/mol. The van der Waals surface area contributed by atoms with Gasteiger partial charge in [-0.2, -0.15) is 0 Å². The maximum Gasteiger partial charge on any atom is 0.240 e. The van der Waals surface area contributed by atoms with E-state index in [1.807, 2.05) is 70.5 Å². The number of carbonyl (C=O) groups is 2. The van der Waals surface area contributed by atoms with Crippen molar-refractivity contribution in [3.05, 3.63) is 94.5 Å². The van der Waals surface area contributed by atoms with Crippen LogP contribution in [0.4, 0.5) is 5.69 Å². The van der Waals surface area contributed by atoms with Gasteiger partial charge in [0, 0.05) is 56.9 Å². The molecule has 1 aliphatic heterocycles. The van der Waals surface area contributed by atoms with Gasteiger partial charge in [0.15, 0.2) is 0 Å². The van der Waals surface area contributed by atoms with E-state index < -0.39 is 6.04 Å². The van der Waals surface area contributed by atoms with Crippen LogP contribution >= 0.6 is 11.6 Å². The summed E-state index contributed by atoms with van der Waals surface area (Å²) in [4.78, 5) is 32.4. The number of ether oxygens (including phenoxy) is 1. The number of nitrogens with zero attached hydrogens (tertiary/aromatic N) is 3. The summed E-state index contributed by atoms with van der Waals surface area (Å²) >= 11 is 6.16. The molecule has 0 saturated carbocycles. The molecule has 0 aromatic heterocycles. The lowest BCUT2D eigenvalue weighted by Gasteiger charge is -2.30. The van der Waals surface area contributed by atoms with Crippen LogP contribution < -0.4 is 15.4 Å². The number of fused-ring (bicyclic) bond motifs is 1. The molecular weight excluding hydrogens is 512 g/mol. The number of para-hydroxylation sites is 1. The van der Waals surface area contributed by atoms with Gasteiger partial charge in [-0.25, -0.2) is 0 Å². The van der Waals surface area contributed by atoms with E-state index >= 15 is 0 Å². The summed E-state index contributed by atoms with van der Waals surface area (Å²) in [6.45, 7) is 5.24. The highest BCUT2D eigenvalue weighted by molar-refractivity contribution is 6.30. The number of benzene rings is 3. The molecular formula is C31H37ClN4O3. The lowest BCUT2D eigenvalue weighted by molar-refractivity contribution is -0.133. The molecule has 7 nitrogen and oxygen atoms in total. The van der Waals surface area contributed by atoms with Gasteiger partial charge >= 0.3 is 0 Å². The molecule has 4 rings (SSSR count). The standard InChI is InChI=1S/C31H37ClN4O3/c1-23(37)36-15-7-14-34(21-25-9-6-12-28(19-25)39-2)16-17-35(22-26-10-3-4-13-30(26)36)31(38)29(33)20-24-8-5-11-27(32)18-24/h3-6,8-13,18-19,29H,7,14-17,20-22,33H2,1-2H3/t29-/m0/s1. The van der Waals surface area contributed by atoms with Crippen molar-refractivity contribution in [2.24, 2.45) is 5.73 Å². The fraction of sp³-hybridized carbons (Fsp3) is 0.355. The zero-order valence-electron chi connectivity index (χ0n) is 22.7. The Balaban J connectivity index is 1.61. The molecule has 0 aliphatic carbocycles. The Bertz CT molecular complexity index is 1280. The normalized spacial score (nSPS) is 15.7. The predicted molar refractivity (Wildman–Crippen MR) is 156 cm³/mol. The number of rotatable bonds is 6. The van der Waals surface area contributed by atoms with E-state index in [0.717, 1.165) is 41.1 Å². The summed E-state index contributed by atoms with van der Waals surface area (Å²) in [6.07, 6.45) is 1.20. The van der Waals surface area contributed by atoms with Gasteiger partial charge < -0.3 is 20.3 Å². The third-order valence-corrected chi connectivity index (χ3v) is 7.31. The molecule has 206 valence electrons. The molecule has 3 aromatic rings. The molecule has 0 saturated heterocycles. The van der Waals surface area contributed by atoms with Gasteiger partial charge in [-0.3, -0.25) is 14.5 Å². The Morgan fingerprint density at radius 2 is 1.72 bits per heavy atom. The molecule has 1 aliphatic rings. The third kappa shape index (κ3) is 7.82. The number of hydrogen-bond donors (Lipinski definition) is 1. The van der Waals surface area contributed by atoms with Gasteiger partial charge in [0.2, 0.25) is 11.8 Å². The second kappa shape index (κ2) is 13.6. The highest BCUT2D eigenvalue weighted by Gasteiger charge is 2.25. The summed E-state index contributed by atoms with van der Waals surface area (Å²) < 4.78 is 5.41. The lowest BCUT2D eigenvalue weighted by Crippen LogP contribution is -2.47. The minimum absolute atomic E-state index is 0.0171. The van der Waals surface area contributed by atoms with E-state index in [4.69, 9.17) is 22.1 Å². The van der Waals surface area contributed by atoms with Crippen LogP contribution in [0, 0.1) is 0 Å². The quantitative estimate of drug-likeness (QED) is 0.490. The number of carbonyl (C=O) groups excluding carboxylic acids is 2. The first-order valence-corrected chi connectivity index (χ1v) is 13.7. The van der Waals surface area contributed by atoms with E-state index in [9.17, 15) is 9.59 Å². The van der Waals surface area contributed by atoms with Crippen LogP contribution in [0.2, 0.25) is 5.02 Å². The number of halogens is 1. The van der Waals surface area contributed by atoms with E-state index in [0.29, 0.717) is 44.2 Å². The SMILES string of the molecule is COc1cccc(CN2CCCN(C(C)=O)c3ccccc3CN(C(=O)[C@@H](N)Cc3cccc(Cl)c3)CC2)c1. The van der Waals surface area contributed by atoms with Gasteiger partial charge in [0.1, 0.15) is 5.75 Å². The molecule has 0 fully saturated rings. The Labute approximate surface area is 236 Å². The minimum Gasteiger partial charge on any atom is -0.497 e. The molecule has 1 atom stereocenters. The van der Waals surface area contributed by atoms with Gasteiger partial charge in [0.25, 0.3) is 0 Å². The number of anilines is 1. The third-order valence-electron chi connectivity index (χ3n) is 7.08. The van der Waals surface area contributed by atoms with Crippen LogP contribution in [0.3, 0.4) is 0 Å². The fourth-order valence-electron chi connectivity index (χ4n) is 5.08. The van der Waals surface area contributed by atoms with Crippen LogP contribution in [0.25, 0.3) is 0 Å². The van der Waals surface area contributed by atoms with Crippen molar-refractivity contribution in [2.75, 3.05) is 38.2 Å². The van der Waals surface area contributed by atoms with Crippen LogP contribution in [-0.4, -0.2) is 60.9 Å². The van der Waals surface area contributed by atoms with Crippen molar-refractivity contribution in [3.63, 3.8) is 0 Å². The average Bonchev–Trinajstić information content (AvgIpc) is 2.96. The molecule has 2 N–H and O–H groups in total. The number of methoxy groups -OCH3 is 1. The molecule has 8 heteroatoms. The van der Waals surface area contributed by atoms with Crippen LogP contribution in [0.15, 0.2) is 72.8 Å². The van der Waals surface area contributed by atoms with E-state index in [2.05, 4.69) is 11.0 Å². The summed E-state index contributed by atoms with van der Waals surface area (Å²) in [5.41, 5.74) is 10.3. The summed E-state index contributed by atoms with van der Waals surface area (Å²) in [7, 11) is 1.66. The highest BCUT2D eigenvalue weighted by Crippen LogP contribution is 2.24. The second-order valence-corrected chi connectivity index (χ2v) is 10.4. The summed E-state index contributed by atoms with van der Waals surface area (Å²) in [5, 5.41) is 0.619. The predicted octanol–water partition coefficient (Wildman–Crippen LogP) is 4.51. The first-order chi connectivity index (χ1) is 18.8. The van der Waals surface area contributed by atoms with Crippen molar-refractivity contribution in [1.29, 1.82) is 0 Å². The largest absolute Gasteiger partial charge is 0.497 e. The van der Waals surface area contributed by atoms with Crippen LogP contribution in [-0.2, 0) is 29.1 Å². The molecule has 0 spiro atoms. The average molecular weight is 549 g/mol. The van der Waals surface area contributed by atoms with Crippen molar-refractivity contribution in [2.45, 2.75) is 38.9 Å². The zero-order valence-corrected chi connectivity index (χ0v) is 23.4. The van der Waals surface area contributed by atoms with Gasteiger partial charge in [-0.1, -0.05) is 54.1 Å². The molecule has 0 unspecified atom stereocenters. The first-order valence-electron chi connectivity index (χ1n) is 13.3. The van der Waals surface area contributed by atoms with Crippen molar-refractivity contribution in [1.82, 2.24) is 9.80 Å². The maximum atomic E-state index is 13.8. The molecule has 3 aromatic carbocycles. The van der Waals surface area contributed by atoms with E-state index in [1.165, 1.54) is 0 Å². The second-order valence-electron chi connectivity index (χ2n) is 9.98. The summed E-state index contributed by atoms with van der Waals surface area (Å²) in [6, 6.07) is 22.6. The van der Waals surface area contributed by atoms with Gasteiger partial charge in [0.05, 0.1) is 13.2 Å². The molecule has 0 radical (unpaired) electrons. The lowest BCUT2D eigenvalue weighted by atomic mass is 10.0. The van der Waals surface area contributed by atoms with Gasteiger partial charge in [-0.15, -0.1) is 0 Å². The fourth-order valence-corrected chi connectivity index (χ4v) is 5.29. The number of amides is 2. The maximum absolute atomic E-state index is 13.8. The topological polar surface area (TPSA) is 79.1 Å². The summed E-state index contributed by atoms with van der Waals surface area (Å²) in [5.74, 6) is 0.670. The van der Waals surface area contributed by atoms with Crippen molar-refractivity contribution < 1.29 is 14.3 Å². The van der Waals surface area contributed by atoms with Crippen LogP contribution in [0.5, 0.6) is 5.75 Å². The number of nitrogens with two attached hydrogens (primary N) is 1. The Morgan fingerprint density at radius 3 is 2.49 bits per heavy atom. The highest BCUT2D eigenvalue weighted by atomic mass is 35.5. The van der Waals surface area contributed by atoms with E-state index in [-0.39, 0.29) is 11.8 Å². The van der Waals surface area contributed by atoms with E-state index in [1.54, 1.807) is 20.1 Å². The Hall–Kier alpha value is -3.39. The molecule has 0 bridgehead atoms. The molecule has 1 heterocycles. The Morgan fingerprint density at radius 1 is 0.949 bits per heavy atom. The minimum atomic E-state index is -0.712. The molecule has 2 amide bonds. The zero-order chi connectivity index (χ0) is 27.8. The van der Waals surface area contributed by atoms with Crippen LogP contribution in [0.1, 0.15) is 30.0 Å². The molecule has 39 heavy (non-hydrogen) atoms. The smallest absolute Gasteiger partial charge is 0.240 e. The van der Waals surface area contributed by atoms with Crippen molar-refractivity contribution in [3.8, 4) is 5.75 Å². The van der Waals surface area contributed by atoms with Crippen molar-refractivity contribution >= 4 is 29.1 Å². The number of hydrogen-bond acceptors (Lipinski definition) is 5. The Kier molecular flexibility index (Phi) is 9.98. The van der Waals surface area contributed by atoms with Gasteiger partial charge in [-0.05, 0) is 59.9 Å². The first kappa shape index (κ1) is 28.6.